The Bertz CT molecular complexity index is 1170. The van der Waals surface area contributed by atoms with Gasteiger partial charge in [0.2, 0.25) is 5.95 Å². The molecular weight excluding hydrogens is 558 g/mol. The molecule has 0 amide bonds. The molecule has 9 heteroatoms. The first-order valence-electron chi connectivity index (χ1n) is 13.4. The number of ether oxygens (including phenoxy) is 3. The number of quaternary nitrogens is 1. The molecule has 0 N–H and O–H groups in total. The van der Waals surface area contributed by atoms with Crippen LogP contribution in [0, 0.1) is 27.7 Å². The highest BCUT2D eigenvalue weighted by Crippen LogP contribution is 2.23. The van der Waals surface area contributed by atoms with Crippen molar-refractivity contribution in [2.45, 2.75) is 47.2 Å². The summed E-state index contributed by atoms with van der Waals surface area (Å²) in [7, 11) is 3.12. The molecule has 3 aromatic rings. The molecule has 1 aromatic heterocycles. The minimum absolute atomic E-state index is 0. The lowest BCUT2D eigenvalue weighted by molar-refractivity contribution is -0.947. The number of nitrogens with zero attached hydrogens (tertiary/aromatic N) is 5. The summed E-state index contributed by atoms with van der Waals surface area (Å²) in [5.74, 6) is 0.565. The first-order valence-corrected chi connectivity index (χ1v) is 13.4. The maximum absolute atomic E-state index is 5.78. The highest BCUT2D eigenvalue weighted by molar-refractivity contribution is 5.37. The van der Waals surface area contributed by atoms with Gasteiger partial charge in [0.05, 0.1) is 34.0 Å². The van der Waals surface area contributed by atoms with E-state index < -0.39 is 0 Å². The molecule has 2 aromatic carbocycles. The van der Waals surface area contributed by atoms with E-state index >= 15 is 0 Å². The third kappa shape index (κ3) is 8.62. The van der Waals surface area contributed by atoms with Crippen LogP contribution < -0.4 is 31.4 Å². The highest BCUT2D eigenvalue weighted by Gasteiger charge is 2.31. The third-order valence-corrected chi connectivity index (χ3v) is 7.17. The molecule has 8 nitrogen and oxygen atoms in total. The number of benzene rings is 2. The SMILES string of the molecule is COc1nc(OC)nc(N(CCC[N+]2(Cc3cc(C)cc(C)c3)CCOCC2)Cc2cc(C)cc(C)c2)n1.[Br-]. The van der Waals surface area contributed by atoms with E-state index in [1.54, 1.807) is 14.2 Å². The Kier molecular flexibility index (Phi) is 11.1. The summed E-state index contributed by atoms with van der Waals surface area (Å²) in [6.07, 6.45) is 0.992. The van der Waals surface area contributed by atoms with E-state index in [9.17, 15) is 0 Å². The van der Waals surface area contributed by atoms with Crippen molar-refractivity contribution in [3.63, 3.8) is 0 Å². The number of rotatable bonds is 11. The molecule has 0 atom stereocenters. The second kappa shape index (κ2) is 14.1. The van der Waals surface area contributed by atoms with E-state index in [-0.39, 0.29) is 29.0 Å². The minimum atomic E-state index is 0. The maximum atomic E-state index is 5.78. The van der Waals surface area contributed by atoms with E-state index in [0.29, 0.717) is 12.5 Å². The van der Waals surface area contributed by atoms with Gasteiger partial charge >= 0.3 is 12.0 Å². The Hall–Kier alpha value is -2.75. The fourth-order valence-corrected chi connectivity index (χ4v) is 5.62. The fourth-order valence-electron chi connectivity index (χ4n) is 5.62. The summed E-state index contributed by atoms with van der Waals surface area (Å²) < 4.78 is 17.5. The van der Waals surface area contributed by atoms with Gasteiger partial charge in [0.25, 0.3) is 0 Å². The molecule has 1 saturated heterocycles. The van der Waals surface area contributed by atoms with Crippen LogP contribution in [0.5, 0.6) is 12.0 Å². The summed E-state index contributed by atoms with van der Waals surface area (Å²) in [4.78, 5) is 15.6. The molecule has 1 aliphatic rings. The van der Waals surface area contributed by atoms with Crippen LogP contribution in [0.3, 0.4) is 0 Å². The number of halogens is 1. The smallest absolute Gasteiger partial charge is 0.324 e. The second-order valence-electron chi connectivity index (χ2n) is 10.7. The van der Waals surface area contributed by atoms with Crippen molar-refractivity contribution in [1.29, 1.82) is 0 Å². The average molecular weight is 601 g/mol. The van der Waals surface area contributed by atoms with E-state index in [1.807, 2.05) is 0 Å². The molecule has 0 unspecified atom stereocenters. The summed E-state index contributed by atoms with van der Waals surface area (Å²) in [5, 5.41) is 0. The summed E-state index contributed by atoms with van der Waals surface area (Å²) in [6, 6.07) is 14.1. The topological polar surface area (TPSA) is 69.6 Å². The first-order chi connectivity index (χ1) is 18.3. The Balaban J connectivity index is 0.00000420. The molecule has 0 spiro atoms. The van der Waals surface area contributed by atoms with Gasteiger partial charge in [0, 0.05) is 25.1 Å². The van der Waals surface area contributed by atoms with Crippen LogP contribution in [-0.2, 0) is 17.8 Å². The largest absolute Gasteiger partial charge is 1.00 e. The van der Waals surface area contributed by atoms with Gasteiger partial charge in [-0.25, -0.2) is 0 Å². The lowest BCUT2D eigenvalue weighted by atomic mass is 10.1. The van der Waals surface area contributed by atoms with Crippen molar-refractivity contribution >= 4 is 5.95 Å². The molecule has 4 rings (SSSR count). The number of morpholine rings is 1. The van der Waals surface area contributed by atoms with Crippen molar-refractivity contribution in [2.24, 2.45) is 0 Å². The van der Waals surface area contributed by atoms with Crippen LogP contribution in [0.2, 0.25) is 0 Å². The molecule has 2 heterocycles. The minimum Gasteiger partial charge on any atom is -1.00 e. The van der Waals surface area contributed by atoms with Crippen LogP contribution in [0.25, 0.3) is 0 Å². The number of methoxy groups -OCH3 is 2. The number of hydrogen-bond donors (Lipinski definition) is 0. The monoisotopic (exact) mass is 599 g/mol. The highest BCUT2D eigenvalue weighted by atomic mass is 79.9. The quantitative estimate of drug-likeness (QED) is 0.310. The van der Waals surface area contributed by atoms with Gasteiger partial charge in [-0.3, -0.25) is 0 Å². The van der Waals surface area contributed by atoms with Crippen molar-refractivity contribution in [1.82, 2.24) is 15.0 Å². The van der Waals surface area contributed by atoms with E-state index in [1.165, 1.54) is 33.4 Å². The zero-order chi connectivity index (χ0) is 27.1. The van der Waals surface area contributed by atoms with Gasteiger partial charge in [-0.05, 0) is 33.3 Å². The number of aryl methyl sites for hydroxylation is 4. The van der Waals surface area contributed by atoms with Gasteiger partial charge in [-0.2, -0.15) is 9.97 Å². The van der Waals surface area contributed by atoms with Crippen LogP contribution in [0.1, 0.15) is 39.8 Å². The van der Waals surface area contributed by atoms with Gasteiger partial charge < -0.3 is 40.6 Å². The molecule has 1 aliphatic heterocycles. The zero-order valence-corrected chi connectivity index (χ0v) is 25.8. The van der Waals surface area contributed by atoms with Crippen molar-refractivity contribution in [2.75, 3.05) is 58.5 Å². The Morgan fingerprint density at radius 3 is 1.79 bits per heavy atom. The molecule has 0 saturated carbocycles. The summed E-state index contributed by atoms with van der Waals surface area (Å²) in [6.45, 7) is 15.9. The van der Waals surface area contributed by atoms with Gasteiger partial charge in [-0.15, -0.1) is 4.98 Å². The van der Waals surface area contributed by atoms with Crippen LogP contribution in [-0.4, -0.2) is 73.0 Å². The van der Waals surface area contributed by atoms with Gasteiger partial charge in [-0.1, -0.05) is 58.7 Å². The third-order valence-electron chi connectivity index (χ3n) is 7.17. The van der Waals surface area contributed by atoms with Crippen molar-refractivity contribution in [3.05, 3.63) is 69.8 Å². The Labute approximate surface area is 243 Å². The molecule has 0 aliphatic carbocycles. The van der Waals surface area contributed by atoms with Crippen LogP contribution in [0.4, 0.5) is 5.95 Å². The average Bonchev–Trinajstić information content (AvgIpc) is 2.87. The van der Waals surface area contributed by atoms with E-state index in [0.717, 1.165) is 56.8 Å². The molecule has 1 fully saturated rings. The Morgan fingerprint density at radius 1 is 0.769 bits per heavy atom. The summed E-state index contributed by atoms with van der Waals surface area (Å²) >= 11 is 0. The zero-order valence-electron chi connectivity index (χ0n) is 24.2. The number of hydrogen-bond acceptors (Lipinski definition) is 7. The fraction of sp³-hybridized carbons (Fsp3) is 0.500. The normalized spacial score (nSPS) is 14.4. The van der Waals surface area contributed by atoms with Crippen molar-refractivity contribution in [3.8, 4) is 12.0 Å². The van der Waals surface area contributed by atoms with Crippen molar-refractivity contribution < 1.29 is 35.7 Å². The lowest BCUT2D eigenvalue weighted by Crippen LogP contribution is -3.00. The van der Waals surface area contributed by atoms with Gasteiger partial charge in [0.15, 0.2) is 0 Å². The molecule has 39 heavy (non-hydrogen) atoms. The number of aromatic nitrogens is 3. The predicted molar refractivity (Wildman–Crippen MR) is 150 cm³/mol. The van der Waals surface area contributed by atoms with Crippen LogP contribution in [0.15, 0.2) is 36.4 Å². The molecular formula is C30H42BrN5O3. The first kappa shape index (κ1) is 30.8. The predicted octanol–water partition coefficient (Wildman–Crippen LogP) is 1.57. The van der Waals surface area contributed by atoms with E-state index in [4.69, 9.17) is 14.2 Å². The molecule has 212 valence electrons. The molecule has 0 bridgehead atoms. The molecule has 0 radical (unpaired) electrons. The number of anilines is 1. The summed E-state index contributed by atoms with van der Waals surface area (Å²) in [5.41, 5.74) is 7.77. The van der Waals surface area contributed by atoms with E-state index in [2.05, 4.69) is 83.9 Å². The standard InChI is InChI=1S/C30H42N5O3.BrH/c1-22-14-23(2)17-26(16-22)20-34(28-31-29(36-5)33-30(32-28)37-6)8-7-9-35(10-12-38-13-11-35)21-27-18-24(3)15-25(4)19-27;/h14-19H,7-13,20-21H2,1-6H3;1H/q+1;/p-1. The Morgan fingerprint density at radius 2 is 1.28 bits per heavy atom. The second-order valence-corrected chi connectivity index (χ2v) is 10.7. The van der Waals surface area contributed by atoms with Crippen LogP contribution >= 0.6 is 0 Å². The lowest BCUT2D eigenvalue weighted by Gasteiger charge is -2.42. The van der Waals surface area contributed by atoms with Gasteiger partial charge in [0.1, 0.15) is 19.6 Å². The maximum Gasteiger partial charge on any atom is 0.324 e.